The third-order valence-corrected chi connectivity index (χ3v) is 14.6. The molecule has 0 rings (SSSR count). The number of unbranched alkanes of at least 4 members (excludes halogenated alkanes) is 47. The summed E-state index contributed by atoms with van der Waals surface area (Å²) >= 11 is 0. The number of ether oxygens (including phenoxy) is 1. The molecule has 2 unspecified atom stereocenters. The number of hydrogen-bond acceptors (Lipinski definition) is 5. The molecular formula is C62H121NO5. The van der Waals surface area contributed by atoms with Crippen LogP contribution in [0.3, 0.4) is 0 Å². The molecule has 0 aromatic heterocycles. The summed E-state index contributed by atoms with van der Waals surface area (Å²) in [6, 6.07) is -0.629. The zero-order valence-electron chi connectivity index (χ0n) is 46.1. The Balaban J connectivity index is 3.39. The predicted octanol–water partition coefficient (Wildman–Crippen LogP) is 19.2. The van der Waals surface area contributed by atoms with Crippen LogP contribution >= 0.6 is 0 Å². The highest BCUT2D eigenvalue weighted by Gasteiger charge is 2.18. The zero-order chi connectivity index (χ0) is 49.3. The molecule has 0 aliphatic heterocycles. The zero-order valence-corrected chi connectivity index (χ0v) is 46.1. The Bertz CT molecular complexity index is 1020. The van der Waals surface area contributed by atoms with E-state index in [2.05, 4.69) is 19.2 Å². The van der Waals surface area contributed by atoms with Crippen molar-refractivity contribution < 1.29 is 24.5 Å². The highest BCUT2D eigenvalue weighted by Crippen LogP contribution is 2.18. The van der Waals surface area contributed by atoms with Crippen molar-refractivity contribution in [3.63, 3.8) is 0 Å². The smallest absolute Gasteiger partial charge is 0.305 e. The Morgan fingerprint density at radius 1 is 0.397 bits per heavy atom. The van der Waals surface area contributed by atoms with Gasteiger partial charge in [-0.3, -0.25) is 9.59 Å². The van der Waals surface area contributed by atoms with Crippen molar-refractivity contribution in [3.8, 4) is 0 Å². The van der Waals surface area contributed by atoms with Gasteiger partial charge in [0.2, 0.25) is 5.91 Å². The van der Waals surface area contributed by atoms with Crippen molar-refractivity contribution in [3.05, 3.63) is 12.2 Å². The second kappa shape index (κ2) is 58.2. The molecule has 0 radical (unpaired) electrons. The van der Waals surface area contributed by atoms with E-state index >= 15 is 0 Å². The van der Waals surface area contributed by atoms with Gasteiger partial charge in [-0.25, -0.2) is 0 Å². The fraction of sp³-hybridized carbons (Fsp3) is 0.935. The quantitative estimate of drug-likeness (QED) is 0.0321. The first-order valence-electron chi connectivity index (χ1n) is 31.0. The first-order chi connectivity index (χ1) is 33.5. The minimum absolute atomic E-state index is 0.0119. The van der Waals surface area contributed by atoms with Crippen molar-refractivity contribution in [2.45, 2.75) is 360 Å². The number of amides is 1. The molecule has 3 N–H and O–H groups in total. The van der Waals surface area contributed by atoms with E-state index in [-0.39, 0.29) is 18.5 Å². The predicted molar refractivity (Wildman–Crippen MR) is 297 cm³/mol. The number of carbonyl (C=O) groups is 2. The van der Waals surface area contributed by atoms with Crippen molar-refractivity contribution >= 4 is 11.9 Å². The molecule has 2 atom stereocenters. The van der Waals surface area contributed by atoms with E-state index in [1.54, 1.807) is 6.08 Å². The molecule has 0 aliphatic rings. The molecule has 1 amide bonds. The van der Waals surface area contributed by atoms with Crippen LogP contribution in [0.1, 0.15) is 348 Å². The molecule has 0 heterocycles. The number of esters is 1. The number of hydrogen-bond donors (Lipinski definition) is 3. The van der Waals surface area contributed by atoms with Gasteiger partial charge in [0.05, 0.1) is 25.4 Å². The second-order valence-corrected chi connectivity index (χ2v) is 21.4. The summed E-state index contributed by atoms with van der Waals surface area (Å²) in [6.45, 7) is 4.92. The van der Waals surface area contributed by atoms with Gasteiger partial charge in [0.25, 0.3) is 0 Å². The number of nitrogens with one attached hydrogen (secondary N) is 1. The summed E-state index contributed by atoms with van der Waals surface area (Å²) in [6.07, 6.45) is 69.6. The molecule has 0 aromatic carbocycles. The summed E-state index contributed by atoms with van der Waals surface area (Å²) in [5.41, 5.74) is 0. The molecule has 0 saturated heterocycles. The molecule has 0 fully saturated rings. The third kappa shape index (κ3) is 53.9. The Labute approximate surface area is 425 Å². The van der Waals surface area contributed by atoms with Crippen LogP contribution in [0.25, 0.3) is 0 Å². The monoisotopic (exact) mass is 960 g/mol. The highest BCUT2D eigenvalue weighted by atomic mass is 16.5. The molecule has 6 nitrogen and oxygen atoms in total. The van der Waals surface area contributed by atoms with Gasteiger partial charge in [0.15, 0.2) is 0 Å². The first-order valence-corrected chi connectivity index (χ1v) is 31.0. The maximum atomic E-state index is 12.5. The number of allylic oxidation sites excluding steroid dienone is 1. The molecule has 0 aromatic rings. The lowest BCUT2D eigenvalue weighted by Gasteiger charge is -2.20. The van der Waals surface area contributed by atoms with Gasteiger partial charge >= 0.3 is 5.97 Å². The van der Waals surface area contributed by atoms with E-state index in [0.717, 1.165) is 38.5 Å². The SMILES string of the molecule is CCCCCCCCCCCCCC/C=C/C(O)C(CO)NC(=O)CCCCCCCCCCCCCCCCCCCCOC(=O)CCCCCCCCCCCCCCCCCCCCC. The van der Waals surface area contributed by atoms with Crippen LogP contribution < -0.4 is 5.32 Å². The van der Waals surface area contributed by atoms with Crippen molar-refractivity contribution in [2.75, 3.05) is 13.2 Å². The lowest BCUT2D eigenvalue weighted by molar-refractivity contribution is -0.143. The van der Waals surface area contributed by atoms with Gasteiger partial charge in [-0.1, -0.05) is 315 Å². The van der Waals surface area contributed by atoms with Crippen LogP contribution in [0.2, 0.25) is 0 Å². The fourth-order valence-corrected chi connectivity index (χ4v) is 9.81. The minimum Gasteiger partial charge on any atom is -0.466 e. The van der Waals surface area contributed by atoms with Crippen LogP contribution in [0.4, 0.5) is 0 Å². The van der Waals surface area contributed by atoms with Gasteiger partial charge < -0.3 is 20.3 Å². The fourth-order valence-electron chi connectivity index (χ4n) is 9.81. The highest BCUT2D eigenvalue weighted by molar-refractivity contribution is 5.76. The Kier molecular flexibility index (Phi) is 57.0. The number of carbonyl (C=O) groups excluding carboxylic acids is 2. The van der Waals surface area contributed by atoms with Crippen LogP contribution in [-0.2, 0) is 14.3 Å². The third-order valence-electron chi connectivity index (χ3n) is 14.6. The average molecular weight is 961 g/mol. The lowest BCUT2D eigenvalue weighted by atomic mass is 10.0. The maximum Gasteiger partial charge on any atom is 0.305 e. The van der Waals surface area contributed by atoms with E-state index in [1.807, 2.05) is 6.08 Å². The van der Waals surface area contributed by atoms with Crippen LogP contribution in [0, 0.1) is 0 Å². The molecule has 0 spiro atoms. The first kappa shape index (κ1) is 66.6. The van der Waals surface area contributed by atoms with Crippen LogP contribution in [0.15, 0.2) is 12.2 Å². The summed E-state index contributed by atoms with van der Waals surface area (Å²) in [5, 5.41) is 23.1. The Morgan fingerprint density at radius 2 is 0.676 bits per heavy atom. The summed E-state index contributed by atoms with van der Waals surface area (Å²) in [5.74, 6) is -0.0581. The molecule has 0 saturated carbocycles. The van der Waals surface area contributed by atoms with Gasteiger partial charge in [0, 0.05) is 12.8 Å². The molecule has 404 valence electrons. The van der Waals surface area contributed by atoms with Crippen LogP contribution in [0.5, 0.6) is 0 Å². The van der Waals surface area contributed by atoms with Crippen LogP contribution in [-0.4, -0.2) is 47.4 Å². The summed E-state index contributed by atoms with van der Waals surface area (Å²) in [4.78, 5) is 24.6. The van der Waals surface area contributed by atoms with E-state index in [0.29, 0.717) is 19.4 Å². The van der Waals surface area contributed by atoms with Gasteiger partial charge in [-0.2, -0.15) is 0 Å². The number of aliphatic hydroxyl groups is 2. The molecule has 68 heavy (non-hydrogen) atoms. The van der Waals surface area contributed by atoms with Gasteiger partial charge in [-0.15, -0.1) is 0 Å². The summed E-state index contributed by atoms with van der Waals surface area (Å²) in [7, 11) is 0. The topological polar surface area (TPSA) is 95.9 Å². The van der Waals surface area contributed by atoms with Gasteiger partial charge in [0.1, 0.15) is 0 Å². The normalized spacial score (nSPS) is 12.6. The van der Waals surface area contributed by atoms with Gasteiger partial charge in [-0.05, 0) is 32.1 Å². The second-order valence-electron chi connectivity index (χ2n) is 21.4. The number of aliphatic hydroxyl groups excluding tert-OH is 2. The number of rotatable bonds is 58. The molecule has 0 aliphatic carbocycles. The lowest BCUT2D eigenvalue weighted by Crippen LogP contribution is -2.45. The molecule has 6 heteroatoms. The van der Waals surface area contributed by atoms with Crippen molar-refractivity contribution in [1.29, 1.82) is 0 Å². The minimum atomic E-state index is -0.846. The average Bonchev–Trinajstić information content (AvgIpc) is 3.34. The Morgan fingerprint density at radius 3 is 1.00 bits per heavy atom. The van der Waals surface area contributed by atoms with Crippen molar-refractivity contribution in [2.24, 2.45) is 0 Å². The summed E-state index contributed by atoms with van der Waals surface area (Å²) < 4.78 is 5.50. The molecule has 0 bridgehead atoms. The van der Waals surface area contributed by atoms with E-state index in [9.17, 15) is 19.8 Å². The standard InChI is InChI=1S/C62H121NO5/c1-3-5-7-9-11-13-15-17-19-20-21-25-28-32-36-40-44-48-52-56-62(67)68-57-53-49-45-41-37-33-29-26-23-22-24-27-31-35-39-43-47-51-55-61(66)63-59(58-64)60(65)54-50-46-42-38-34-30-18-16-14-12-10-8-6-4-2/h50,54,59-60,64-65H,3-49,51-53,55-58H2,1-2H3,(H,63,66)/b54-50+. The molecular weight excluding hydrogens is 839 g/mol. The maximum absolute atomic E-state index is 12.5. The van der Waals surface area contributed by atoms with E-state index < -0.39 is 12.1 Å². The Hall–Kier alpha value is -1.40. The largest absolute Gasteiger partial charge is 0.466 e. The van der Waals surface area contributed by atoms with E-state index in [4.69, 9.17) is 4.74 Å². The van der Waals surface area contributed by atoms with E-state index in [1.165, 1.54) is 283 Å². The van der Waals surface area contributed by atoms with Crippen molar-refractivity contribution in [1.82, 2.24) is 5.32 Å².